The molecule has 2 nitrogen and oxygen atoms in total. The van der Waals surface area contributed by atoms with Gasteiger partial charge in [-0.25, -0.2) is 9.97 Å². The molecule has 0 aliphatic heterocycles. The van der Waals surface area contributed by atoms with E-state index in [1.54, 1.807) is 0 Å². The molecule has 2 aliphatic rings. The lowest BCUT2D eigenvalue weighted by Crippen LogP contribution is -2.25. The first-order valence-electron chi connectivity index (χ1n) is 15.7. The van der Waals surface area contributed by atoms with Crippen molar-refractivity contribution < 1.29 is 0 Å². The number of benzene rings is 6. The highest BCUT2D eigenvalue weighted by Gasteiger charge is 2.51. The molecule has 0 atom stereocenters. The van der Waals surface area contributed by atoms with E-state index >= 15 is 0 Å². The highest BCUT2D eigenvalue weighted by atomic mass is 14.9. The predicted octanol–water partition coefficient (Wildman–Crippen LogP) is 10.4. The third kappa shape index (κ3) is 3.63. The van der Waals surface area contributed by atoms with Gasteiger partial charge in [0, 0.05) is 22.3 Å². The summed E-state index contributed by atoms with van der Waals surface area (Å²) >= 11 is 0. The first-order chi connectivity index (χ1) is 22.3. The molecule has 1 heterocycles. The molecule has 0 bridgehead atoms. The molecule has 0 saturated carbocycles. The third-order valence-electron chi connectivity index (χ3n) is 9.71. The monoisotopic (exact) mass is 574 g/mol. The fourth-order valence-electron chi connectivity index (χ4n) is 7.86. The second-order valence-electron chi connectivity index (χ2n) is 12.0. The van der Waals surface area contributed by atoms with Gasteiger partial charge in [-0.05, 0) is 57.0 Å². The van der Waals surface area contributed by atoms with Gasteiger partial charge in [0.2, 0.25) is 0 Å². The summed E-state index contributed by atoms with van der Waals surface area (Å²) in [5.41, 5.74) is 16.7. The lowest BCUT2D eigenvalue weighted by molar-refractivity contribution is 0.794. The van der Waals surface area contributed by atoms with Crippen molar-refractivity contribution in [2.75, 3.05) is 0 Å². The molecule has 7 aromatic rings. The zero-order chi connectivity index (χ0) is 30.0. The summed E-state index contributed by atoms with van der Waals surface area (Å²) in [5.74, 6) is 0.748. The fraction of sp³-hybridized carbons (Fsp3) is 0.0698. The molecule has 0 N–H and O–H groups in total. The predicted molar refractivity (Wildman–Crippen MR) is 184 cm³/mol. The molecule has 0 unspecified atom stereocenters. The van der Waals surface area contributed by atoms with Crippen molar-refractivity contribution in [3.8, 4) is 56.2 Å². The molecular formula is C43H30N2. The third-order valence-corrected chi connectivity index (χ3v) is 9.71. The first kappa shape index (κ1) is 25.9. The largest absolute Gasteiger partial charge is 0.228 e. The van der Waals surface area contributed by atoms with Gasteiger partial charge in [0.1, 0.15) is 0 Å². The van der Waals surface area contributed by atoms with Crippen LogP contribution in [0, 0.1) is 0 Å². The topological polar surface area (TPSA) is 25.8 Å². The van der Waals surface area contributed by atoms with Gasteiger partial charge in [0.05, 0.1) is 16.8 Å². The van der Waals surface area contributed by atoms with Crippen molar-refractivity contribution in [3.63, 3.8) is 0 Å². The van der Waals surface area contributed by atoms with Crippen LogP contribution < -0.4 is 0 Å². The van der Waals surface area contributed by atoms with E-state index < -0.39 is 0 Å². The Kier molecular flexibility index (Phi) is 5.73. The summed E-state index contributed by atoms with van der Waals surface area (Å²) in [6, 6.07) is 54.8. The molecule has 0 fully saturated rings. The van der Waals surface area contributed by atoms with Crippen LogP contribution in [0.3, 0.4) is 0 Å². The molecule has 9 rings (SSSR count). The molecule has 2 heteroatoms. The van der Waals surface area contributed by atoms with Crippen molar-refractivity contribution in [2.45, 2.75) is 18.8 Å². The van der Waals surface area contributed by atoms with Gasteiger partial charge in [-0.2, -0.15) is 0 Å². The van der Waals surface area contributed by atoms with Crippen molar-refractivity contribution in [1.29, 1.82) is 0 Å². The van der Waals surface area contributed by atoms with E-state index in [1.807, 2.05) is 6.07 Å². The summed E-state index contributed by atoms with van der Waals surface area (Å²) in [6.07, 6.45) is 0.826. The Hall–Kier alpha value is -5.60. The quantitative estimate of drug-likeness (QED) is 0.209. The maximum atomic E-state index is 5.30. The zero-order valence-electron chi connectivity index (χ0n) is 25.0. The number of fused-ring (bicyclic) bond motifs is 10. The van der Waals surface area contributed by atoms with Gasteiger partial charge in [-0.3, -0.25) is 0 Å². The lowest BCUT2D eigenvalue weighted by atomic mass is 9.70. The maximum Gasteiger partial charge on any atom is 0.160 e. The summed E-state index contributed by atoms with van der Waals surface area (Å²) in [4.78, 5) is 10.5. The van der Waals surface area contributed by atoms with Crippen molar-refractivity contribution in [1.82, 2.24) is 9.97 Å². The van der Waals surface area contributed by atoms with Crippen LogP contribution in [0.25, 0.3) is 56.2 Å². The molecule has 45 heavy (non-hydrogen) atoms. The number of hydrogen-bond donors (Lipinski definition) is 0. The normalized spacial score (nSPS) is 13.3. The van der Waals surface area contributed by atoms with Crippen molar-refractivity contribution in [3.05, 3.63) is 179 Å². The van der Waals surface area contributed by atoms with Crippen LogP contribution in [0.5, 0.6) is 0 Å². The second-order valence-corrected chi connectivity index (χ2v) is 12.0. The zero-order valence-corrected chi connectivity index (χ0v) is 25.0. The van der Waals surface area contributed by atoms with Crippen molar-refractivity contribution in [2.24, 2.45) is 0 Å². The highest BCUT2D eigenvalue weighted by Crippen LogP contribution is 2.62. The first-order valence-corrected chi connectivity index (χ1v) is 15.7. The van der Waals surface area contributed by atoms with Crippen LogP contribution >= 0.6 is 0 Å². The van der Waals surface area contributed by atoms with Crippen LogP contribution in [0.4, 0.5) is 0 Å². The van der Waals surface area contributed by atoms with Crippen LogP contribution in [-0.4, -0.2) is 9.97 Å². The van der Waals surface area contributed by atoms with E-state index in [-0.39, 0.29) is 5.41 Å². The van der Waals surface area contributed by atoms with E-state index in [1.165, 1.54) is 50.1 Å². The van der Waals surface area contributed by atoms with Gasteiger partial charge in [-0.1, -0.05) is 153 Å². The van der Waals surface area contributed by atoms with Crippen molar-refractivity contribution >= 4 is 0 Å². The number of aromatic nitrogens is 2. The second kappa shape index (κ2) is 9.97. The molecule has 2 aliphatic carbocycles. The van der Waals surface area contributed by atoms with Gasteiger partial charge in [-0.15, -0.1) is 0 Å². The summed E-state index contributed by atoms with van der Waals surface area (Å²) in [7, 11) is 0. The Labute approximate surface area is 263 Å². The van der Waals surface area contributed by atoms with E-state index in [0.29, 0.717) is 0 Å². The molecule has 0 saturated heterocycles. The van der Waals surface area contributed by atoms with Gasteiger partial charge in [0.25, 0.3) is 0 Å². The minimum absolute atomic E-state index is 0.346. The Morgan fingerprint density at radius 3 is 1.42 bits per heavy atom. The Bertz CT molecular complexity index is 2200. The average molecular weight is 575 g/mol. The van der Waals surface area contributed by atoms with E-state index in [2.05, 4.69) is 153 Å². The Morgan fingerprint density at radius 1 is 0.422 bits per heavy atom. The number of rotatable bonds is 4. The van der Waals surface area contributed by atoms with Crippen LogP contribution in [0.2, 0.25) is 0 Å². The summed E-state index contributed by atoms with van der Waals surface area (Å²) < 4.78 is 0. The number of nitrogens with zero attached hydrogens (tertiary/aromatic N) is 2. The molecular weight excluding hydrogens is 544 g/mol. The van der Waals surface area contributed by atoms with Gasteiger partial charge >= 0.3 is 0 Å². The smallest absolute Gasteiger partial charge is 0.160 e. The summed E-state index contributed by atoms with van der Waals surface area (Å²) in [5, 5.41) is 0. The number of hydrogen-bond acceptors (Lipinski definition) is 2. The minimum atomic E-state index is -0.346. The highest BCUT2D eigenvalue weighted by molar-refractivity contribution is 5.96. The molecule has 0 amide bonds. The Balaban J connectivity index is 1.33. The minimum Gasteiger partial charge on any atom is -0.228 e. The SMILES string of the molecule is CCc1c(-c2ccccc2)nc(-c2ccccc2)nc1-c1ccc2c(c1)-c1ccccc1C21c2ccccc2-c2ccccc21. The van der Waals surface area contributed by atoms with E-state index in [9.17, 15) is 0 Å². The maximum absolute atomic E-state index is 5.30. The lowest BCUT2D eigenvalue weighted by Gasteiger charge is -2.30. The summed E-state index contributed by atoms with van der Waals surface area (Å²) in [6.45, 7) is 2.21. The Morgan fingerprint density at radius 2 is 0.867 bits per heavy atom. The fourth-order valence-corrected chi connectivity index (χ4v) is 7.86. The molecule has 1 spiro atoms. The molecule has 6 aromatic carbocycles. The van der Waals surface area contributed by atoms with Gasteiger partial charge in [0.15, 0.2) is 5.82 Å². The van der Waals surface area contributed by atoms with Gasteiger partial charge < -0.3 is 0 Å². The van der Waals surface area contributed by atoms with Crippen LogP contribution in [0.1, 0.15) is 34.7 Å². The average Bonchev–Trinajstić information content (AvgIpc) is 3.59. The molecule has 1 aromatic heterocycles. The molecule has 212 valence electrons. The van der Waals surface area contributed by atoms with E-state index in [4.69, 9.17) is 9.97 Å². The van der Waals surface area contributed by atoms with Crippen LogP contribution in [-0.2, 0) is 11.8 Å². The molecule has 0 radical (unpaired) electrons. The van der Waals surface area contributed by atoms with Crippen LogP contribution in [0.15, 0.2) is 152 Å². The standard InChI is InChI=1S/C43H30N2/c1-2-31-40(28-15-5-3-6-16-28)44-42(29-17-7-4-8-18-29)45-41(31)30-25-26-39-35(27-30)34-21-11-14-24-38(34)43(39)36-22-12-9-19-32(36)33-20-10-13-23-37(33)43/h3-27H,2H2,1H3. The van der Waals surface area contributed by atoms with E-state index in [0.717, 1.165) is 40.3 Å².